The number of fused-ring (bicyclic) bond motifs is 1. The summed E-state index contributed by atoms with van der Waals surface area (Å²) in [5.74, 6) is 0. The summed E-state index contributed by atoms with van der Waals surface area (Å²) in [6, 6.07) is 8.09. The first-order chi connectivity index (χ1) is 6.33. The number of aryl methyl sites for hydroxylation is 2. The van der Waals surface area contributed by atoms with Crippen LogP contribution in [-0.2, 0) is 13.5 Å². The van der Waals surface area contributed by atoms with E-state index in [0.717, 1.165) is 5.56 Å². The topological polar surface area (TPSA) is 4.93 Å². The lowest BCUT2D eigenvalue weighted by Crippen LogP contribution is -1.84. The minimum atomic E-state index is -0.284. The third-order valence-electron chi connectivity index (χ3n) is 2.34. The third-order valence-corrected chi connectivity index (χ3v) is 2.34. The van der Waals surface area contributed by atoms with Crippen LogP contribution in [0.5, 0.6) is 0 Å². The summed E-state index contributed by atoms with van der Waals surface area (Å²) in [5.41, 5.74) is 2.27. The average Bonchev–Trinajstić information content (AvgIpc) is 2.46. The van der Waals surface area contributed by atoms with Gasteiger partial charge in [-0.1, -0.05) is 18.2 Å². The third kappa shape index (κ3) is 1.32. The molecule has 68 valence electrons. The van der Waals surface area contributed by atoms with Gasteiger partial charge in [0.05, 0.1) is 6.67 Å². The number of para-hydroxylation sites is 1. The molecule has 0 saturated heterocycles. The minimum Gasteiger partial charge on any atom is -0.350 e. The molecule has 2 aromatic rings. The number of alkyl halides is 1. The van der Waals surface area contributed by atoms with Crippen LogP contribution in [0.2, 0.25) is 0 Å². The quantitative estimate of drug-likeness (QED) is 0.664. The van der Waals surface area contributed by atoms with Crippen molar-refractivity contribution in [3.05, 3.63) is 36.0 Å². The summed E-state index contributed by atoms with van der Waals surface area (Å²) in [6.45, 7) is -0.284. The lowest BCUT2D eigenvalue weighted by molar-refractivity contribution is 0.496. The van der Waals surface area contributed by atoms with E-state index in [1.807, 2.05) is 36.0 Å². The van der Waals surface area contributed by atoms with Gasteiger partial charge in [-0.2, -0.15) is 0 Å². The van der Waals surface area contributed by atoms with Crippen LogP contribution in [-0.4, -0.2) is 11.2 Å². The SMILES string of the molecule is Cn1cc(CCF)c2ccccc21. The smallest absolute Gasteiger partial charge is 0.0935 e. The van der Waals surface area contributed by atoms with Crippen LogP contribution < -0.4 is 0 Å². The molecule has 0 saturated carbocycles. The molecule has 1 heterocycles. The molecule has 0 bridgehead atoms. The Morgan fingerprint density at radius 1 is 1.31 bits per heavy atom. The normalized spacial score (nSPS) is 10.9. The predicted molar refractivity (Wildman–Crippen MR) is 52.6 cm³/mol. The Morgan fingerprint density at radius 2 is 2.08 bits per heavy atom. The van der Waals surface area contributed by atoms with Crippen LogP contribution in [0, 0.1) is 0 Å². The van der Waals surface area contributed by atoms with Crippen molar-refractivity contribution < 1.29 is 4.39 Å². The van der Waals surface area contributed by atoms with Gasteiger partial charge in [0.1, 0.15) is 0 Å². The summed E-state index contributed by atoms with van der Waals surface area (Å²) in [7, 11) is 1.99. The van der Waals surface area contributed by atoms with Gasteiger partial charge in [0.15, 0.2) is 0 Å². The van der Waals surface area contributed by atoms with Crippen LogP contribution in [0.15, 0.2) is 30.5 Å². The molecule has 0 amide bonds. The van der Waals surface area contributed by atoms with Gasteiger partial charge >= 0.3 is 0 Å². The summed E-state index contributed by atoms with van der Waals surface area (Å²) in [4.78, 5) is 0. The van der Waals surface area contributed by atoms with Gasteiger partial charge in [-0.05, 0) is 11.6 Å². The Bertz CT molecular complexity index is 417. The number of rotatable bonds is 2. The van der Waals surface area contributed by atoms with E-state index in [1.54, 1.807) is 0 Å². The number of benzene rings is 1. The first-order valence-corrected chi connectivity index (χ1v) is 4.42. The molecule has 0 aliphatic heterocycles. The summed E-state index contributed by atoms with van der Waals surface area (Å²) >= 11 is 0. The molecule has 0 aliphatic rings. The standard InChI is InChI=1S/C11H12FN/c1-13-8-9(6-7-12)10-4-2-3-5-11(10)13/h2-5,8H,6-7H2,1H3. The lowest BCUT2D eigenvalue weighted by atomic mass is 10.1. The molecule has 0 unspecified atom stereocenters. The average molecular weight is 177 g/mol. The zero-order valence-corrected chi connectivity index (χ0v) is 7.63. The van der Waals surface area contributed by atoms with Crippen LogP contribution in [0.25, 0.3) is 10.9 Å². The number of hydrogen-bond acceptors (Lipinski definition) is 0. The zero-order valence-electron chi connectivity index (χ0n) is 7.63. The van der Waals surface area contributed by atoms with Crippen molar-refractivity contribution in [3.8, 4) is 0 Å². The summed E-state index contributed by atoms with van der Waals surface area (Å²) in [5, 5.41) is 1.17. The Hall–Kier alpha value is -1.31. The lowest BCUT2D eigenvalue weighted by Gasteiger charge is -1.93. The first kappa shape index (κ1) is 8.30. The Labute approximate surface area is 76.8 Å². The van der Waals surface area contributed by atoms with Crippen LogP contribution in [0.3, 0.4) is 0 Å². The van der Waals surface area contributed by atoms with Crippen molar-refractivity contribution >= 4 is 10.9 Å². The molecular weight excluding hydrogens is 165 g/mol. The molecule has 1 nitrogen and oxygen atoms in total. The highest BCUT2D eigenvalue weighted by atomic mass is 19.1. The molecule has 0 radical (unpaired) electrons. The second kappa shape index (κ2) is 3.21. The second-order valence-electron chi connectivity index (χ2n) is 3.22. The Kier molecular flexibility index (Phi) is 2.05. The molecule has 13 heavy (non-hydrogen) atoms. The molecule has 0 spiro atoms. The second-order valence-corrected chi connectivity index (χ2v) is 3.22. The van der Waals surface area contributed by atoms with Crippen molar-refractivity contribution in [1.82, 2.24) is 4.57 Å². The monoisotopic (exact) mass is 177 g/mol. The van der Waals surface area contributed by atoms with Gasteiger partial charge in [-0.25, -0.2) is 0 Å². The van der Waals surface area contributed by atoms with E-state index < -0.39 is 0 Å². The molecule has 1 aromatic carbocycles. The van der Waals surface area contributed by atoms with Gasteiger partial charge < -0.3 is 4.57 Å². The van der Waals surface area contributed by atoms with Crippen molar-refractivity contribution in [2.75, 3.05) is 6.67 Å². The van der Waals surface area contributed by atoms with E-state index in [0.29, 0.717) is 6.42 Å². The largest absolute Gasteiger partial charge is 0.350 e. The van der Waals surface area contributed by atoms with Crippen LogP contribution in [0.1, 0.15) is 5.56 Å². The molecular formula is C11H12FN. The Balaban J connectivity index is 2.63. The molecule has 2 heteroatoms. The van der Waals surface area contributed by atoms with Crippen molar-refractivity contribution in [2.24, 2.45) is 7.05 Å². The fourth-order valence-corrected chi connectivity index (χ4v) is 1.73. The maximum absolute atomic E-state index is 12.2. The molecule has 0 atom stereocenters. The maximum atomic E-state index is 12.2. The van der Waals surface area contributed by atoms with Crippen LogP contribution >= 0.6 is 0 Å². The van der Waals surface area contributed by atoms with E-state index in [2.05, 4.69) is 6.07 Å². The number of nitrogens with zero attached hydrogens (tertiary/aromatic N) is 1. The molecule has 0 fully saturated rings. The van der Waals surface area contributed by atoms with E-state index in [9.17, 15) is 4.39 Å². The van der Waals surface area contributed by atoms with Gasteiger partial charge in [0.25, 0.3) is 0 Å². The van der Waals surface area contributed by atoms with Crippen LogP contribution in [0.4, 0.5) is 4.39 Å². The van der Waals surface area contributed by atoms with Gasteiger partial charge in [-0.15, -0.1) is 0 Å². The highest BCUT2D eigenvalue weighted by Gasteiger charge is 2.04. The van der Waals surface area contributed by atoms with Gasteiger partial charge in [0, 0.05) is 30.6 Å². The number of aromatic nitrogens is 1. The van der Waals surface area contributed by atoms with Crippen molar-refractivity contribution in [1.29, 1.82) is 0 Å². The number of halogens is 1. The fourth-order valence-electron chi connectivity index (χ4n) is 1.73. The summed E-state index contributed by atoms with van der Waals surface area (Å²) < 4.78 is 14.2. The number of hydrogen-bond donors (Lipinski definition) is 0. The highest BCUT2D eigenvalue weighted by Crippen LogP contribution is 2.20. The predicted octanol–water partition coefficient (Wildman–Crippen LogP) is 2.69. The highest BCUT2D eigenvalue weighted by molar-refractivity contribution is 5.83. The molecule has 2 rings (SSSR count). The Morgan fingerprint density at radius 3 is 2.85 bits per heavy atom. The van der Waals surface area contributed by atoms with Gasteiger partial charge in [0.2, 0.25) is 0 Å². The van der Waals surface area contributed by atoms with E-state index in [-0.39, 0.29) is 6.67 Å². The van der Waals surface area contributed by atoms with Crippen molar-refractivity contribution in [3.63, 3.8) is 0 Å². The molecule has 1 aromatic heterocycles. The van der Waals surface area contributed by atoms with Crippen molar-refractivity contribution in [2.45, 2.75) is 6.42 Å². The van der Waals surface area contributed by atoms with Gasteiger partial charge in [-0.3, -0.25) is 4.39 Å². The fraction of sp³-hybridized carbons (Fsp3) is 0.273. The minimum absolute atomic E-state index is 0.284. The zero-order chi connectivity index (χ0) is 9.26. The summed E-state index contributed by atoms with van der Waals surface area (Å²) in [6.07, 6.45) is 2.52. The first-order valence-electron chi connectivity index (χ1n) is 4.42. The maximum Gasteiger partial charge on any atom is 0.0935 e. The molecule has 0 N–H and O–H groups in total. The van der Waals surface area contributed by atoms with E-state index in [1.165, 1.54) is 10.9 Å². The van der Waals surface area contributed by atoms with E-state index in [4.69, 9.17) is 0 Å². The molecule has 0 aliphatic carbocycles. The van der Waals surface area contributed by atoms with E-state index >= 15 is 0 Å².